The molecule has 1 saturated carbocycles. The first-order chi connectivity index (χ1) is 5.22. The third-order valence-electron chi connectivity index (χ3n) is 1.82. The van der Waals surface area contributed by atoms with Crippen LogP contribution in [0, 0.1) is 11.3 Å². The normalized spacial score (nSPS) is 18.5. The van der Waals surface area contributed by atoms with Crippen LogP contribution in [0.4, 0.5) is 0 Å². The highest BCUT2D eigenvalue weighted by atomic mass is 16.1. The summed E-state index contributed by atoms with van der Waals surface area (Å²) in [6, 6.07) is 2.11. The van der Waals surface area contributed by atoms with Crippen molar-refractivity contribution in [1.29, 1.82) is 5.26 Å². The maximum atomic E-state index is 11.0. The molecule has 0 bridgehead atoms. The van der Waals surface area contributed by atoms with E-state index in [1.807, 2.05) is 6.92 Å². The standard InChI is InChI=1S/C8H12N2O/c1-2-3-7(11)10-8(6-9)4-5-8/h2-5H2,1H3,(H,10,11). The quantitative estimate of drug-likeness (QED) is 0.654. The third kappa shape index (κ3) is 1.94. The number of carbonyl (C=O) groups excluding carboxylic acids is 1. The minimum absolute atomic E-state index is 0.00606. The van der Waals surface area contributed by atoms with Crippen LogP contribution in [0.5, 0.6) is 0 Å². The van der Waals surface area contributed by atoms with Crippen molar-refractivity contribution in [2.75, 3.05) is 0 Å². The summed E-state index contributed by atoms with van der Waals surface area (Å²) in [4.78, 5) is 11.0. The zero-order valence-electron chi connectivity index (χ0n) is 6.68. The van der Waals surface area contributed by atoms with Crippen LogP contribution in [0.3, 0.4) is 0 Å². The molecule has 1 N–H and O–H groups in total. The lowest BCUT2D eigenvalue weighted by Crippen LogP contribution is -2.35. The average molecular weight is 152 g/mol. The number of hydrogen-bond donors (Lipinski definition) is 1. The molecule has 0 aromatic rings. The van der Waals surface area contributed by atoms with Gasteiger partial charge in [-0.15, -0.1) is 0 Å². The topological polar surface area (TPSA) is 52.9 Å². The molecule has 60 valence electrons. The van der Waals surface area contributed by atoms with Crippen molar-refractivity contribution >= 4 is 5.91 Å². The SMILES string of the molecule is CCCC(=O)NC1(C#N)CC1. The minimum Gasteiger partial charge on any atom is -0.338 e. The van der Waals surface area contributed by atoms with E-state index in [0.29, 0.717) is 6.42 Å². The van der Waals surface area contributed by atoms with Gasteiger partial charge >= 0.3 is 0 Å². The van der Waals surface area contributed by atoms with Gasteiger partial charge in [-0.2, -0.15) is 5.26 Å². The van der Waals surface area contributed by atoms with Gasteiger partial charge in [0.1, 0.15) is 5.54 Å². The van der Waals surface area contributed by atoms with Gasteiger partial charge in [0, 0.05) is 6.42 Å². The van der Waals surface area contributed by atoms with Gasteiger partial charge in [-0.25, -0.2) is 0 Å². The molecule has 0 aliphatic heterocycles. The van der Waals surface area contributed by atoms with E-state index in [9.17, 15) is 4.79 Å². The fraction of sp³-hybridized carbons (Fsp3) is 0.750. The van der Waals surface area contributed by atoms with Crippen molar-refractivity contribution in [3.8, 4) is 6.07 Å². The maximum absolute atomic E-state index is 11.0. The Balaban J connectivity index is 2.32. The number of nitrogens with one attached hydrogen (secondary N) is 1. The lowest BCUT2D eigenvalue weighted by molar-refractivity contribution is -0.121. The Morgan fingerprint density at radius 3 is 2.73 bits per heavy atom. The second kappa shape index (κ2) is 2.91. The summed E-state index contributed by atoms with van der Waals surface area (Å²) in [6.07, 6.45) is 3.01. The van der Waals surface area contributed by atoms with Gasteiger partial charge in [0.2, 0.25) is 5.91 Å². The highest BCUT2D eigenvalue weighted by molar-refractivity contribution is 5.77. The van der Waals surface area contributed by atoms with Crippen LogP contribution in [0.15, 0.2) is 0 Å². The second-order valence-corrected chi connectivity index (χ2v) is 2.99. The first kappa shape index (κ1) is 8.06. The Morgan fingerprint density at radius 1 is 1.73 bits per heavy atom. The molecule has 3 nitrogen and oxygen atoms in total. The lowest BCUT2D eigenvalue weighted by atomic mass is 10.2. The Morgan fingerprint density at radius 2 is 2.36 bits per heavy atom. The summed E-state index contributed by atoms with van der Waals surface area (Å²) in [5.74, 6) is 0.00606. The van der Waals surface area contributed by atoms with Crippen LogP contribution in [0.1, 0.15) is 32.6 Å². The molecule has 1 amide bonds. The average Bonchev–Trinajstić information content (AvgIpc) is 2.70. The molecule has 0 atom stereocenters. The number of nitriles is 1. The molecule has 0 radical (unpaired) electrons. The van der Waals surface area contributed by atoms with E-state index in [4.69, 9.17) is 5.26 Å². The summed E-state index contributed by atoms with van der Waals surface area (Å²) in [5.41, 5.74) is -0.480. The van der Waals surface area contributed by atoms with Crippen LogP contribution < -0.4 is 5.32 Å². The summed E-state index contributed by atoms with van der Waals surface area (Å²) in [5, 5.41) is 11.3. The van der Waals surface area contributed by atoms with E-state index in [1.165, 1.54) is 0 Å². The molecule has 1 rings (SSSR count). The predicted octanol–water partition coefficient (Wildman–Crippen LogP) is 0.959. The van der Waals surface area contributed by atoms with Crippen LogP contribution >= 0.6 is 0 Å². The lowest BCUT2D eigenvalue weighted by Gasteiger charge is -2.07. The number of amides is 1. The van der Waals surface area contributed by atoms with Crippen molar-refractivity contribution in [2.45, 2.75) is 38.1 Å². The van der Waals surface area contributed by atoms with Crippen LogP contribution in [-0.2, 0) is 4.79 Å². The van der Waals surface area contributed by atoms with Crippen molar-refractivity contribution in [3.05, 3.63) is 0 Å². The van der Waals surface area contributed by atoms with Gasteiger partial charge in [-0.3, -0.25) is 4.79 Å². The Labute approximate surface area is 66.4 Å². The van der Waals surface area contributed by atoms with Gasteiger partial charge in [-0.1, -0.05) is 6.92 Å². The Kier molecular flexibility index (Phi) is 2.13. The van der Waals surface area contributed by atoms with Crippen LogP contribution in [-0.4, -0.2) is 11.4 Å². The molecule has 0 saturated heterocycles. The van der Waals surface area contributed by atoms with Crippen LogP contribution in [0.2, 0.25) is 0 Å². The minimum atomic E-state index is -0.480. The van der Waals surface area contributed by atoms with Gasteiger partial charge in [0.15, 0.2) is 0 Å². The molecule has 0 aromatic carbocycles. The van der Waals surface area contributed by atoms with Crippen molar-refractivity contribution in [2.24, 2.45) is 0 Å². The molecule has 11 heavy (non-hydrogen) atoms. The first-order valence-electron chi connectivity index (χ1n) is 3.95. The highest BCUT2D eigenvalue weighted by Gasteiger charge is 2.44. The molecule has 1 fully saturated rings. The summed E-state index contributed by atoms with van der Waals surface area (Å²) < 4.78 is 0. The van der Waals surface area contributed by atoms with E-state index < -0.39 is 5.54 Å². The van der Waals surface area contributed by atoms with Crippen LogP contribution in [0.25, 0.3) is 0 Å². The monoisotopic (exact) mass is 152 g/mol. The zero-order chi connectivity index (χ0) is 8.32. The van der Waals surface area contributed by atoms with Crippen molar-refractivity contribution in [3.63, 3.8) is 0 Å². The molecular formula is C8H12N2O. The fourth-order valence-corrected chi connectivity index (χ4v) is 0.946. The molecule has 0 unspecified atom stereocenters. The first-order valence-corrected chi connectivity index (χ1v) is 3.95. The largest absolute Gasteiger partial charge is 0.338 e. The molecule has 1 aliphatic carbocycles. The van der Waals surface area contributed by atoms with E-state index in [1.54, 1.807) is 0 Å². The van der Waals surface area contributed by atoms with Crippen molar-refractivity contribution in [1.82, 2.24) is 5.32 Å². The van der Waals surface area contributed by atoms with Gasteiger partial charge < -0.3 is 5.32 Å². The predicted molar refractivity (Wildman–Crippen MR) is 40.6 cm³/mol. The van der Waals surface area contributed by atoms with E-state index in [-0.39, 0.29) is 5.91 Å². The smallest absolute Gasteiger partial charge is 0.221 e. The summed E-state index contributed by atoms with van der Waals surface area (Å²) in [7, 11) is 0. The van der Waals surface area contributed by atoms with E-state index in [2.05, 4.69) is 11.4 Å². The van der Waals surface area contributed by atoms with Gasteiger partial charge in [-0.05, 0) is 19.3 Å². The Hall–Kier alpha value is -1.04. The maximum Gasteiger partial charge on any atom is 0.221 e. The molecular weight excluding hydrogens is 140 g/mol. The molecule has 3 heteroatoms. The Bertz CT molecular complexity index is 201. The fourth-order valence-electron chi connectivity index (χ4n) is 0.946. The number of carbonyl (C=O) groups is 1. The molecule has 0 aromatic heterocycles. The van der Waals surface area contributed by atoms with Crippen molar-refractivity contribution < 1.29 is 4.79 Å². The summed E-state index contributed by atoms with van der Waals surface area (Å²) in [6.45, 7) is 1.95. The molecule has 1 aliphatic rings. The second-order valence-electron chi connectivity index (χ2n) is 2.99. The zero-order valence-corrected chi connectivity index (χ0v) is 6.68. The number of nitrogens with zero attached hydrogens (tertiary/aromatic N) is 1. The highest BCUT2D eigenvalue weighted by Crippen LogP contribution is 2.34. The number of hydrogen-bond acceptors (Lipinski definition) is 2. The molecule has 0 heterocycles. The third-order valence-corrected chi connectivity index (χ3v) is 1.82. The van der Waals surface area contributed by atoms with Gasteiger partial charge in [0.05, 0.1) is 6.07 Å². The van der Waals surface area contributed by atoms with E-state index >= 15 is 0 Å². The van der Waals surface area contributed by atoms with E-state index in [0.717, 1.165) is 19.3 Å². The van der Waals surface area contributed by atoms with Gasteiger partial charge in [0.25, 0.3) is 0 Å². The molecule has 0 spiro atoms. The summed E-state index contributed by atoms with van der Waals surface area (Å²) >= 11 is 0. The number of rotatable bonds is 3.